The maximum absolute atomic E-state index is 6.18. The molecule has 20 heavy (non-hydrogen) atoms. The van der Waals surface area contributed by atoms with E-state index < -0.39 is 0 Å². The normalized spacial score (nSPS) is 12.7. The molecule has 0 fully saturated rings. The fraction of sp³-hybridized carbons (Fsp3) is 0.200. The number of ether oxygens (including phenoxy) is 2. The summed E-state index contributed by atoms with van der Waals surface area (Å²) in [7, 11) is 0. The Hall–Kier alpha value is -1.52. The van der Waals surface area contributed by atoms with E-state index in [0.717, 1.165) is 22.8 Å². The number of thioether (sulfide) groups is 1. The lowest BCUT2D eigenvalue weighted by molar-refractivity contribution is 0.174. The van der Waals surface area contributed by atoms with Crippen molar-refractivity contribution in [3.63, 3.8) is 0 Å². The third-order valence-corrected chi connectivity index (χ3v) is 4.61. The first kappa shape index (κ1) is 13.5. The molecule has 3 rings (SSSR count). The molecule has 2 aromatic rings. The molecule has 0 aromatic heterocycles. The average Bonchev–Trinajstić information content (AvgIpc) is 2.86. The molecule has 0 unspecified atom stereocenters. The molecule has 0 saturated heterocycles. The zero-order valence-electron chi connectivity index (χ0n) is 11.0. The van der Waals surface area contributed by atoms with Gasteiger partial charge in [-0.2, -0.15) is 0 Å². The van der Waals surface area contributed by atoms with Gasteiger partial charge in [0, 0.05) is 16.3 Å². The molecular weight excluding hydrogens is 294 g/mol. The van der Waals surface area contributed by atoms with Gasteiger partial charge in [-0.3, -0.25) is 0 Å². The number of benzene rings is 2. The first-order valence-corrected chi connectivity index (χ1v) is 7.57. The minimum atomic E-state index is 0.239. The lowest BCUT2D eigenvalue weighted by Crippen LogP contribution is -1.93. The van der Waals surface area contributed by atoms with Crippen LogP contribution < -0.4 is 15.2 Å². The van der Waals surface area contributed by atoms with Gasteiger partial charge in [-0.15, -0.1) is 11.8 Å². The van der Waals surface area contributed by atoms with E-state index in [4.69, 9.17) is 26.8 Å². The summed E-state index contributed by atoms with van der Waals surface area (Å²) in [6.07, 6.45) is 0. The highest BCUT2D eigenvalue weighted by Gasteiger charge is 2.18. The third-order valence-electron chi connectivity index (χ3n) is 3.08. The lowest BCUT2D eigenvalue weighted by Gasteiger charge is -2.08. The van der Waals surface area contributed by atoms with E-state index >= 15 is 0 Å². The molecule has 1 aliphatic rings. The van der Waals surface area contributed by atoms with Crippen molar-refractivity contribution >= 4 is 29.1 Å². The topological polar surface area (TPSA) is 44.5 Å². The number of nitrogen functional groups attached to an aromatic ring is 1. The fourth-order valence-electron chi connectivity index (χ4n) is 2.10. The summed E-state index contributed by atoms with van der Waals surface area (Å²) in [5.41, 5.74) is 8.84. The molecular formula is C15H14ClNO2S. The third kappa shape index (κ3) is 2.67. The summed E-state index contributed by atoms with van der Waals surface area (Å²) >= 11 is 7.93. The Morgan fingerprint density at radius 3 is 2.90 bits per heavy atom. The smallest absolute Gasteiger partial charge is 0.231 e. The summed E-state index contributed by atoms with van der Waals surface area (Å²) in [5, 5.41) is 0.602. The van der Waals surface area contributed by atoms with Crippen LogP contribution in [0.1, 0.15) is 11.1 Å². The molecule has 0 radical (unpaired) electrons. The molecule has 0 atom stereocenters. The molecule has 0 aliphatic carbocycles. The van der Waals surface area contributed by atoms with Gasteiger partial charge in [0.25, 0.3) is 0 Å². The van der Waals surface area contributed by atoms with E-state index in [9.17, 15) is 0 Å². The molecule has 0 amide bonds. The van der Waals surface area contributed by atoms with Crippen LogP contribution >= 0.6 is 23.4 Å². The van der Waals surface area contributed by atoms with Gasteiger partial charge in [-0.1, -0.05) is 11.6 Å². The van der Waals surface area contributed by atoms with Crippen LogP contribution in [0.4, 0.5) is 5.69 Å². The number of rotatable bonds is 3. The quantitative estimate of drug-likeness (QED) is 0.680. The molecule has 5 heteroatoms. The highest BCUT2D eigenvalue weighted by molar-refractivity contribution is 7.98. The standard InChI is InChI=1S/C15H14ClNO2S/c1-9-4-11(17)2-3-14(9)20-7-10-5-12(16)15-13(6-10)18-8-19-15/h2-6H,7-8,17H2,1H3. The fourth-order valence-corrected chi connectivity index (χ4v) is 3.33. The van der Waals surface area contributed by atoms with Crippen LogP contribution in [0.2, 0.25) is 5.02 Å². The molecule has 0 saturated carbocycles. The number of anilines is 1. The van der Waals surface area contributed by atoms with Crippen molar-refractivity contribution in [1.29, 1.82) is 0 Å². The Kier molecular flexibility index (Phi) is 3.68. The van der Waals surface area contributed by atoms with Crippen molar-refractivity contribution in [2.75, 3.05) is 12.5 Å². The van der Waals surface area contributed by atoms with Crippen molar-refractivity contribution in [2.24, 2.45) is 0 Å². The number of aryl methyl sites for hydroxylation is 1. The molecule has 3 nitrogen and oxygen atoms in total. The number of hydrogen-bond donors (Lipinski definition) is 1. The zero-order valence-corrected chi connectivity index (χ0v) is 12.6. The number of fused-ring (bicyclic) bond motifs is 1. The van der Waals surface area contributed by atoms with Crippen LogP contribution in [0.5, 0.6) is 11.5 Å². The monoisotopic (exact) mass is 307 g/mol. The van der Waals surface area contributed by atoms with Gasteiger partial charge < -0.3 is 15.2 Å². The van der Waals surface area contributed by atoms with E-state index in [1.807, 2.05) is 30.3 Å². The Labute approximate surface area is 127 Å². The van der Waals surface area contributed by atoms with E-state index in [0.29, 0.717) is 10.8 Å². The number of hydrogen-bond acceptors (Lipinski definition) is 4. The molecule has 1 aliphatic heterocycles. The van der Waals surface area contributed by atoms with Gasteiger partial charge in [-0.05, 0) is 48.4 Å². The van der Waals surface area contributed by atoms with Crippen LogP contribution in [0.25, 0.3) is 0 Å². The SMILES string of the molecule is Cc1cc(N)ccc1SCc1cc(Cl)c2c(c1)OCO2. The predicted molar refractivity (Wildman–Crippen MR) is 82.7 cm³/mol. The van der Waals surface area contributed by atoms with Gasteiger partial charge in [0.05, 0.1) is 5.02 Å². The Morgan fingerprint density at radius 2 is 2.10 bits per heavy atom. The highest BCUT2D eigenvalue weighted by atomic mass is 35.5. The molecule has 2 N–H and O–H groups in total. The van der Waals surface area contributed by atoms with Crippen LogP contribution in [-0.4, -0.2) is 6.79 Å². The van der Waals surface area contributed by atoms with E-state index in [1.165, 1.54) is 10.5 Å². The largest absolute Gasteiger partial charge is 0.454 e. The Morgan fingerprint density at radius 1 is 1.25 bits per heavy atom. The van der Waals surface area contributed by atoms with Crippen LogP contribution in [0.15, 0.2) is 35.2 Å². The second-order valence-electron chi connectivity index (χ2n) is 4.63. The molecule has 0 spiro atoms. The van der Waals surface area contributed by atoms with Gasteiger partial charge in [0.2, 0.25) is 6.79 Å². The van der Waals surface area contributed by atoms with Crippen molar-refractivity contribution < 1.29 is 9.47 Å². The summed E-state index contributed by atoms with van der Waals surface area (Å²) in [4.78, 5) is 1.22. The van der Waals surface area contributed by atoms with Gasteiger partial charge in [0.15, 0.2) is 11.5 Å². The zero-order chi connectivity index (χ0) is 14.1. The van der Waals surface area contributed by atoms with Crippen molar-refractivity contribution in [2.45, 2.75) is 17.6 Å². The lowest BCUT2D eigenvalue weighted by atomic mass is 10.2. The van der Waals surface area contributed by atoms with E-state index in [-0.39, 0.29) is 6.79 Å². The first-order chi connectivity index (χ1) is 9.63. The Bertz CT molecular complexity index is 661. The highest BCUT2D eigenvalue weighted by Crippen LogP contribution is 2.41. The van der Waals surface area contributed by atoms with Gasteiger partial charge in [-0.25, -0.2) is 0 Å². The second-order valence-corrected chi connectivity index (χ2v) is 6.05. The molecule has 104 valence electrons. The molecule has 0 bridgehead atoms. The maximum atomic E-state index is 6.18. The number of halogens is 1. The summed E-state index contributed by atoms with van der Waals surface area (Å²) in [6, 6.07) is 9.85. The maximum Gasteiger partial charge on any atom is 0.231 e. The average molecular weight is 308 g/mol. The van der Waals surface area contributed by atoms with Crippen molar-refractivity contribution in [3.8, 4) is 11.5 Å². The van der Waals surface area contributed by atoms with Gasteiger partial charge in [0.1, 0.15) is 0 Å². The van der Waals surface area contributed by atoms with Crippen LogP contribution in [0, 0.1) is 6.92 Å². The van der Waals surface area contributed by atoms with Crippen LogP contribution in [-0.2, 0) is 5.75 Å². The van der Waals surface area contributed by atoms with E-state index in [2.05, 4.69) is 6.92 Å². The van der Waals surface area contributed by atoms with Crippen molar-refractivity contribution in [3.05, 3.63) is 46.5 Å². The molecule has 2 aromatic carbocycles. The van der Waals surface area contributed by atoms with Crippen LogP contribution in [0.3, 0.4) is 0 Å². The van der Waals surface area contributed by atoms with Gasteiger partial charge >= 0.3 is 0 Å². The predicted octanol–water partition coefficient (Wildman–Crippen LogP) is 4.25. The summed E-state index contributed by atoms with van der Waals surface area (Å²) < 4.78 is 10.7. The number of nitrogens with two attached hydrogens (primary N) is 1. The molecule has 1 heterocycles. The minimum absolute atomic E-state index is 0.239. The summed E-state index contributed by atoms with van der Waals surface area (Å²) in [6.45, 7) is 2.30. The van der Waals surface area contributed by atoms with Crippen molar-refractivity contribution in [1.82, 2.24) is 0 Å². The Balaban J connectivity index is 1.77. The summed E-state index contributed by atoms with van der Waals surface area (Å²) in [5.74, 6) is 2.19. The second kappa shape index (κ2) is 5.46. The first-order valence-electron chi connectivity index (χ1n) is 6.20. The minimum Gasteiger partial charge on any atom is -0.454 e. The van der Waals surface area contributed by atoms with E-state index in [1.54, 1.807) is 11.8 Å².